The average Bonchev–Trinajstić information content (AvgIpc) is 2.79. The first-order valence-corrected chi connectivity index (χ1v) is 10.7. The van der Waals surface area contributed by atoms with Crippen LogP contribution in [0.2, 0.25) is 0 Å². The second kappa shape index (κ2) is 10.4. The summed E-state index contributed by atoms with van der Waals surface area (Å²) in [5.74, 6) is -6.83. The zero-order chi connectivity index (χ0) is 25.9. The summed E-state index contributed by atoms with van der Waals surface area (Å²) in [5.41, 5.74) is 0.210. The molecule has 14 nitrogen and oxygen atoms in total. The number of piperazine rings is 1. The van der Waals surface area contributed by atoms with Gasteiger partial charge in [-0.1, -0.05) is 12.1 Å². The average molecular weight is 490 g/mol. The van der Waals surface area contributed by atoms with E-state index in [9.17, 15) is 44.0 Å². The summed E-state index contributed by atoms with van der Waals surface area (Å²) in [4.78, 5) is 74.2. The van der Waals surface area contributed by atoms with E-state index in [2.05, 4.69) is 10.6 Å². The lowest BCUT2D eigenvalue weighted by Gasteiger charge is -2.33. The first kappa shape index (κ1) is 25.5. The predicted octanol–water partition coefficient (Wildman–Crippen LogP) is -1.93. The van der Waals surface area contributed by atoms with Gasteiger partial charge >= 0.3 is 36.9 Å². The number of nitrogens with zero attached hydrogens (tertiary/aromatic N) is 2. The number of carboxylic acid groups (broad SMARTS) is 2. The smallest absolute Gasteiger partial charge is 0.534 e. The standard InChI is InChI=1S/C20H23BN4O10/c1-2-24-6-7-25(18(30)17(24)29)20(33)22-12(9-14(26)27)16(28)23-13-8-10-4-3-5-11(19(31)32)15(10)35-21(13)34/h3-5,12-13,34H,2,6-9H2,1H3,(H,22,33)(H,23,28)(H,26,27)(H,31,32)/t12-,13-/m0/s1. The second-order valence-electron chi connectivity index (χ2n) is 7.87. The lowest BCUT2D eigenvalue weighted by molar-refractivity contribution is -0.153. The third-order valence-corrected chi connectivity index (χ3v) is 5.61. The molecule has 5 amide bonds. The van der Waals surface area contributed by atoms with Crippen LogP contribution in [0.5, 0.6) is 5.75 Å². The van der Waals surface area contributed by atoms with E-state index in [1.165, 1.54) is 17.0 Å². The van der Waals surface area contributed by atoms with Crippen molar-refractivity contribution in [2.75, 3.05) is 19.6 Å². The SMILES string of the molecule is CCN1CCN(C(=O)N[C@@H](CC(=O)O)C(=O)N[C@H]2Cc3cccc(C(=O)O)c3OB2O)C(=O)C1=O. The van der Waals surface area contributed by atoms with Crippen molar-refractivity contribution in [2.45, 2.75) is 31.7 Å². The molecule has 2 heterocycles. The van der Waals surface area contributed by atoms with Crippen LogP contribution in [0, 0.1) is 0 Å². The number of amides is 5. The highest BCUT2D eigenvalue weighted by molar-refractivity contribution is 6.47. The van der Waals surface area contributed by atoms with Crippen LogP contribution in [0.3, 0.4) is 0 Å². The molecule has 2 aliphatic heterocycles. The Hall–Kier alpha value is -4.14. The molecule has 2 atom stereocenters. The molecule has 1 saturated heterocycles. The van der Waals surface area contributed by atoms with Gasteiger partial charge in [-0.05, 0) is 25.0 Å². The number of benzene rings is 1. The summed E-state index contributed by atoms with van der Waals surface area (Å²) in [6.07, 6.45) is -0.888. The molecule has 0 spiro atoms. The van der Waals surface area contributed by atoms with Gasteiger partial charge in [0.25, 0.3) is 0 Å². The fourth-order valence-corrected chi connectivity index (χ4v) is 3.78. The number of carbonyl (C=O) groups is 6. The van der Waals surface area contributed by atoms with Crippen molar-refractivity contribution in [1.29, 1.82) is 0 Å². The molecule has 0 bridgehead atoms. The van der Waals surface area contributed by atoms with Crippen LogP contribution < -0.4 is 15.3 Å². The van der Waals surface area contributed by atoms with Gasteiger partial charge in [-0.3, -0.25) is 24.1 Å². The number of para-hydroxylation sites is 1. The number of fused-ring (bicyclic) bond motifs is 1. The second-order valence-corrected chi connectivity index (χ2v) is 7.87. The van der Waals surface area contributed by atoms with E-state index in [-0.39, 0.29) is 37.4 Å². The Kier molecular flexibility index (Phi) is 7.59. The van der Waals surface area contributed by atoms with Crippen molar-refractivity contribution < 1.29 is 48.7 Å². The minimum Gasteiger partial charge on any atom is -0.534 e. The third kappa shape index (κ3) is 5.51. The van der Waals surface area contributed by atoms with Gasteiger partial charge in [0.1, 0.15) is 11.8 Å². The maximum absolute atomic E-state index is 12.8. The molecule has 2 aliphatic rings. The van der Waals surface area contributed by atoms with E-state index in [1.54, 1.807) is 13.0 Å². The van der Waals surface area contributed by atoms with E-state index in [1.807, 2.05) is 0 Å². The normalized spacial score (nSPS) is 18.3. The lowest BCUT2D eigenvalue weighted by atomic mass is 9.72. The molecule has 0 radical (unpaired) electrons. The Bertz CT molecular complexity index is 1080. The number of hydrogen-bond donors (Lipinski definition) is 5. The fraction of sp³-hybridized carbons (Fsp3) is 0.400. The zero-order valence-electron chi connectivity index (χ0n) is 18.6. The van der Waals surface area contributed by atoms with E-state index in [0.717, 1.165) is 0 Å². The van der Waals surface area contributed by atoms with Gasteiger partial charge in [-0.15, -0.1) is 0 Å². The monoisotopic (exact) mass is 490 g/mol. The first-order chi connectivity index (χ1) is 16.5. The van der Waals surface area contributed by atoms with Gasteiger partial charge in [0, 0.05) is 19.6 Å². The minimum absolute atomic E-state index is 0.0386. The number of hydrogen-bond acceptors (Lipinski definition) is 8. The molecule has 1 fully saturated rings. The lowest BCUT2D eigenvalue weighted by Crippen LogP contribution is -2.62. The van der Waals surface area contributed by atoms with Gasteiger partial charge in [-0.25, -0.2) is 9.59 Å². The largest absolute Gasteiger partial charge is 0.547 e. The molecule has 15 heteroatoms. The van der Waals surface area contributed by atoms with Crippen LogP contribution >= 0.6 is 0 Å². The summed E-state index contributed by atoms with van der Waals surface area (Å²) < 4.78 is 5.28. The van der Waals surface area contributed by atoms with E-state index in [0.29, 0.717) is 10.5 Å². The van der Waals surface area contributed by atoms with Gasteiger partial charge in [0.2, 0.25) is 5.91 Å². The third-order valence-electron chi connectivity index (χ3n) is 5.61. The van der Waals surface area contributed by atoms with Gasteiger partial charge in [0.15, 0.2) is 0 Å². The molecule has 1 aromatic carbocycles. The Morgan fingerprint density at radius 3 is 2.51 bits per heavy atom. The number of likely N-dealkylation sites (N-methyl/N-ethyl adjacent to an activating group) is 1. The van der Waals surface area contributed by atoms with Crippen LogP contribution in [0.25, 0.3) is 0 Å². The van der Waals surface area contributed by atoms with Gasteiger partial charge in [0.05, 0.1) is 17.9 Å². The summed E-state index contributed by atoms with van der Waals surface area (Å²) in [6, 6.07) is 1.54. The highest BCUT2D eigenvalue weighted by atomic mass is 16.5. The molecule has 0 aromatic heterocycles. The van der Waals surface area contributed by atoms with Crippen molar-refractivity contribution in [3.8, 4) is 5.75 Å². The maximum atomic E-state index is 12.8. The molecule has 5 N–H and O–H groups in total. The molecule has 186 valence electrons. The summed E-state index contributed by atoms with van der Waals surface area (Å²) in [6.45, 7) is 1.89. The Balaban J connectivity index is 1.71. The molecule has 0 aliphatic carbocycles. The number of nitrogens with one attached hydrogen (secondary N) is 2. The van der Waals surface area contributed by atoms with Crippen molar-refractivity contribution in [1.82, 2.24) is 20.4 Å². The van der Waals surface area contributed by atoms with Crippen LogP contribution in [0.4, 0.5) is 4.79 Å². The fourth-order valence-electron chi connectivity index (χ4n) is 3.78. The number of aliphatic carboxylic acids is 1. The zero-order valence-corrected chi connectivity index (χ0v) is 18.6. The Labute approximate surface area is 199 Å². The van der Waals surface area contributed by atoms with Crippen molar-refractivity contribution in [3.05, 3.63) is 29.3 Å². The highest BCUT2D eigenvalue weighted by Gasteiger charge is 2.40. The molecule has 35 heavy (non-hydrogen) atoms. The molecule has 1 aromatic rings. The van der Waals surface area contributed by atoms with E-state index in [4.69, 9.17) is 4.65 Å². The quantitative estimate of drug-likeness (QED) is 0.212. The summed E-state index contributed by atoms with van der Waals surface area (Å²) in [7, 11) is -1.66. The molecular formula is C20H23BN4O10. The van der Waals surface area contributed by atoms with Gasteiger partial charge in [-0.2, -0.15) is 0 Å². The Morgan fingerprint density at radius 1 is 1.17 bits per heavy atom. The number of rotatable bonds is 7. The highest BCUT2D eigenvalue weighted by Crippen LogP contribution is 2.30. The van der Waals surface area contributed by atoms with Crippen LogP contribution in [0.15, 0.2) is 18.2 Å². The molecule has 0 saturated carbocycles. The summed E-state index contributed by atoms with van der Waals surface area (Å²) in [5, 5.41) is 33.3. The topological polar surface area (TPSA) is 203 Å². The van der Waals surface area contributed by atoms with Crippen molar-refractivity contribution in [3.63, 3.8) is 0 Å². The number of carbonyl (C=O) groups excluding carboxylic acids is 4. The number of aromatic carboxylic acids is 1. The first-order valence-electron chi connectivity index (χ1n) is 10.7. The molecular weight excluding hydrogens is 467 g/mol. The van der Waals surface area contributed by atoms with Crippen LogP contribution in [0.1, 0.15) is 29.3 Å². The van der Waals surface area contributed by atoms with Crippen LogP contribution in [-0.4, -0.2) is 99.5 Å². The maximum Gasteiger partial charge on any atom is 0.547 e. The number of urea groups is 1. The van der Waals surface area contributed by atoms with Gasteiger partial charge < -0.3 is 35.4 Å². The molecule has 3 rings (SSSR count). The number of carboxylic acids is 2. The number of imide groups is 1. The molecule has 0 unspecified atom stereocenters. The van der Waals surface area contributed by atoms with Crippen molar-refractivity contribution >= 4 is 42.8 Å². The van der Waals surface area contributed by atoms with E-state index >= 15 is 0 Å². The van der Waals surface area contributed by atoms with Crippen molar-refractivity contribution in [2.24, 2.45) is 0 Å². The van der Waals surface area contributed by atoms with Crippen LogP contribution in [-0.2, 0) is 25.6 Å². The predicted molar refractivity (Wildman–Crippen MR) is 116 cm³/mol. The summed E-state index contributed by atoms with van der Waals surface area (Å²) >= 11 is 0. The Morgan fingerprint density at radius 2 is 1.89 bits per heavy atom. The minimum atomic E-state index is -1.66. The van der Waals surface area contributed by atoms with E-state index < -0.39 is 61.2 Å².